The van der Waals surface area contributed by atoms with Gasteiger partial charge in [0.2, 0.25) is 0 Å². The van der Waals surface area contributed by atoms with Crippen LogP contribution < -0.4 is 0 Å². The lowest BCUT2D eigenvalue weighted by Crippen LogP contribution is -1.86. The van der Waals surface area contributed by atoms with Gasteiger partial charge in [0.25, 0.3) is 0 Å². The smallest absolute Gasteiger partial charge is 0.0402 e. The third-order valence-electron chi connectivity index (χ3n) is 1.69. The highest BCUT2D eigenvalue weighted by atomic mass is 16.2. The summed E-state index contributed by atoms with van der Waals surface area (Å²) >= 11 is 0. The summed E-state index contributed by atoms with van der Waals surface area (Å²) in [7, 11) is 0. The summed E-state index contributed by atoms with van der Waals surface area (Å²) in [6, 6.07) is 0. The van der Waals surface area contributed by atoms with Crippen molar-refractivity contribution in [2.45, 2.75) is 52.9 Å². The van der Waals surface area contributed by atoms with Crippen LogP contribution >= 0.6 is 0 Å². The van der Waals surface area contributed by atoms with E-state index in [0.29, 0.717) is 0 Å². The van der Waals surface area contributed by atoms with Gasteiger partial charge in [-0.3, -0.25) is 0 Å². The normalized spacial score (nSPS) is 9.31. The van der Waals surface area contributed by atoms with Crippen molar-refractivity contribution in [3.05, 3.63) is 12.7 Å². The van der Waals surface area contributed by atoms with Crippen molar-refractivity contribution in [3.8, 4) is 0 Å². The SMILES string of the molecule is C=CCCCCCC(C)C.CCO. The Labute approximate surface area is 83.9 Å². The lowest BCUT2D eigenvalue weighted by molar-refractivity contribution is 0.318. The summed E-state index contributed by atoms with van der Waals surface area (Å²) in [6.07, 6.45) is 8.69. The Morgan fingerprint density at radius 1 is 1.23 bits per heavy atom. The molecule has 1 N–H and O–H groups in total. The van der Waals surface area contributed by atoms with E-state index in [-0.39, 0.29) is 6.61 Å². The van der Waals surface area contributed by atoms with Crippen LogP contribution in [0.1, 0.15) is 52.9 Å². The molecule has 0 aromatic rings. The molecular weight excluding hydrogens is 160 g/mol. The lowest BCUT2D eigenvalue weighted by Gasteiger charge is -2.02. The highest BCUT2D eigenvalue weighted by Gasteiger charge is 1.92. The standard InChI is InChI=1S/C10H20.C2H6O/c1-4-5-6-7-8-9-10(2)3;1-2-3/h4,10H,1,5-9H2,2-3H3;3H,2H2,1H3. The minimum absolute atomic E-state index is 0.250. The fourth-order valence-electron chi connectivity index (χ4n) is 1.02. The van der Waals surface area contributed by atoms with Crippen LogP contribution in [0.4, 0.5) is 0 Å². The predicted octanol–water partition coefficient (Wildman–Crippen LogP) is 3.78. The van der Waals surface area contributed by atoms with Crippen LogP contribution in [-0.2, 0) is 0 Å². The van der Waals surface area contributed by atoms with Crippen molar-refractivity contribution < 1.29 is 5.11 Å². The molecule has 0 heterocycles. The van der Waals surface area contributed by atoms with E-state index >= 15 is 0 Å². The topological polar surface area (TPSA) is 20.2 Å². The Morgan fingerprint density at radius 3 is 2.15 bits per heavy atom. The molecule has 0 aliphatic heterocycles. The van der Waals surface area contributed by atoms with Gasteiger partial charge in [-0.15, -0.1) is 6.58 Å². The van der Waals surface area contributed by atoms with Crippen LogP contribution in [0.3, 0.4) is 0 Å². The van der Waals surface area contributed by atoms with E-state index < -0.39 is 0 Å². The summed E-state index contributed by atoms with van der Waals surface area (Å²) in [5.41, 5.74) is 0. The molecule has 0 amide bonds. The molecule has 0 aromatic carbocycles. The number of hydrogen-bond donors (Lipinski definition) is 1. The molecule has 0 bridgehead atoms. The summed E-state index contributed by atoms with van der Waals surface area (Å²) in [5.74, 6) is 0.878. The average Bonchev–Trinajstić information content (AvgIpc) is 2.05. The molecule has 0 saturated heterocycles. The monoisotopic (exact) mass is 186 g/mol. The number of rotatable bonds is 6. The van der Waals surface area contributed by atoms with Crippen molar-refractivity contribution in [3.63, 3.8) is 0 Å². The van der Waals surface area contributed by atoms with Crippen LogP contribution in [0.5, 0.6) is 0 Å². The summed E-state index contributed by atoms with van der Waals surface area (Å²) in [6.45, 7) is 10.2. The molecule has 0 spiro atoms. The Bertz CT molecular complexity index is 87.1. The van der Waals surface area contributed by atoms with Gasteiger partial charge >= 0.3 is 0 Å². The van der Waals surface area contributed by atoms with Crippen molar-refractivity contribution in [1.29, 1.82) is 0 Å². The Kier molecular flexibility index (Phi) is 16.6. The zero-order valence-electron chi connectivity index (χ0n) is 9.55. The molecule has 0 aliphatic carbocycles. The van der Waals surface area contributed by atoms with Crippen LogP contribution in [0.25, 0.3) is 0 Å². The lowest BCUT2D eigenvalue weighted by atomic mass is 10.0. The van der Waals surface area contributed by atoms with Gasteiger partial charge in [-0.2, -0.15) is 0 Å². The van der Waals surface area contributed by atoms with Crippen molar-refractivity contribution >= 4 is 0 Å². The molecule has 80 valence electrons. The van der Waals surface area contributed by atoms with Crippen LogP contribution in [0.2, 0.25) is 0 Å². The molecule has 0 atom stereocenters. The van der Waals surface area contributed by atoms with Gasteiger partial charge in [-0.1, -0.05) is 39.2 Å². The third kappa shape index (κ3) is 24.5. The highest BCUT2D eigenvalue weighted by molar-refractivity contribution is 4.65. The fraction of sp³-hybridized carbons (Fsp3) is 0.833. The molecule has 0 aromatic heterocycles. The van der Waals surface area contributed by atoms with Crippen molar-refractivity contribution in [2.24, 2.45) is 5.92 Å². The summed E-state index contributed by atoms with van der Waals surface area (Å²) < 4.78 is 0. The zero-order valence-corrected chi connectivity index (χ0v) is 9.55. The molecule has 0 fully saturated rings. The third-order valence-corrected chi connectivity index (χ3v) is 1.69. The molecule has 1 nitrogen and oxygen atoms in total. The van der Waals surface area contributed by atoms with E-state index in [1.807, 2.05) is 6.08 Å². The first-order valence-electron chi connectivity index (χ1n) is 5.40. The van der Waals surface area contributed by atoms with E-state index in [1.54, 1.807) is 6.92 Å². The molecule has 0 radical (unpaired) electrons. The van der Waals surface area contributed by atoms with Crippen LogP contribution in [-0.4, -0.2) is 11.7 Å². The first-order chi connectivity index (χ1) is 6.18. The van der Waals surface area contributed by atoms with Gasteiger partial charge in [0.1, 0.15) is 0 Å². The maximum atomic E-state index is 7.57. The van der Waals surface area contributed by atoms with Gasteiger partial charge in [0.05, 0.1) is 0 Å². The molecule has 0 aliphatic rings. The van der Waals surface area contributed by atoms with E-state index in [2.05, 4.69) is 20.4 Å². The summed E-state index contributed by atoms with van der Waals surface area (Å²) in [5, 5.41) is 7.57. The van der Waals surface area contributed by atoms with Crippen LogP contribution in [0.15, 0.2) is 12.7 Å². The second-order valence-electron chi connectivity index (χ2n) is 3.64. The second kappa shape index (κ2) is 14.2. The average molecular weight is 186 g/mol. The molecule has 0 saturated carbocycles. The number of allylic oxidation sites excluding steroid dienone is 1. The number of aliphatic hydroxyl groups excluding tert-OH is 1. The van der Waals surface area contributed by atoms with E-state index in [4.69, 9.17) is 5.11 Å². The first-order valence-corrected chi connectivity index (χ1v) is 5.40. The Morgan fingerprint density at radius 2 is 1.77 bits per heavy atom. The molecule has 1 heteroatoms. The van der Waals surface area contributed by atoms with E-state index in [1.165, 1.54) is 32.1 Å². The predicted molar refractivity (Wildman–Crippen MR) is 60.9 cm³/mol. The van der Waals surface area contributed by atoms with Crippen molar-refractivity contribution in [2.75, 3.05) is 6.61 Å². The maximum absolute atomic E-state index is 7.57. The van der Waals surface area contributed by atoms with Crippen molar-refractivity contribution in [1.82, 2.24) is 0 Å². The molecule has 0 rings (SSSR count). The maximum Gasteiger partial charge on any atom is 0.0402 e. The summed E-state index contributed by atoms with van der Waals surface area (Å²) in [4.78, 5) is 0. The largest absolute Gasteiger partial charge is 0.397 e. The fourth-order valence-corrected chi connectivity index (χ4v) is 1.02. The molecule has 13 heavy (non-hydrogen) atoms. The number of unbranched alkanes of at least 4 members (excludes halogenated alkanes) is 3. The zero-order chi connectivity index (χ0) is 10.5. The number of hydrogen-bond acceptors (Lipinski definition) is 1. The van der Waals surface area contributed by atoms with Gasteiger partial charge in [-0.05, 0) is 25.7 Å². The quantitative estimate of drug-likeness (QED) is 0.494. The minimum atomic E-state index is 0.250. The van der Waals surface area contributed by atoms with Crippen LogP contribution in [0, 0.1) is 5.92 Å². The van der Waals surface area contributed by atoms with Gasteiger partial charge in [-0.25, -0.2) is 0 Å². The first kappa shape index (κ1) is 15.2. The second-order valence-corrected chi connectivity index (χ2v) is 3.64. The highest BCUT2D eigenvalue weighted by Crippen LogP contribution is 2.09. The van der Waals surface area contributed by atoms with Gasteiger partial charge in [0, 0.05) is 6.61 Å². The van der Waals surface area contributed by atoms with E-state index in [0.717, 1.165) is 5.92 Å². The number of aliphatic hydroxyl groups is 1. The van der Waals surface area contributed by atoms with Gasteiger partial charge < -0.3 is 5.11 Å². The molecule has 0 unspecified atom stereocenters. The van der Waals surface area contributed by atoms with E-state index in [9.17, 15) is 0 Å². The Balaban J connectivity index is 0. The Hall–Kier alpha value is -0.300. The minimum Gasteiger partial charge on any atom is -0.397 e. The molecular formula is C12H26O. The van der Waals surface area contributed by atoms with Gasteiger partial charge in [0.15, 0.2) is 0 Å².